The summed E-state index contributed by atoms with van der Waals surface area (Å²) >= 11 is 13.0. The molecule has 7 heteroatoms. The second-order valence-electron chi connectivity index (χ2n) is 10.3. The largest absolute Gasteiger partial charge is 0.352 e. The molecule has 4 aromatic rings. The Morgan fingerprint density at radius 2 is 1.52 bits per heavy atom. The first kappa shape index (κ1) is 24.9. The van der Waals surface area contributed by atoms with Gasteiger partial charge in [0.1, 0.15) is 17.3 Å². The minimum Gasteiger partial charge on any atom is -0.352 e. The van der Waals surface area contributed by atoms with Crippen molar-refractivity contribution in [1.29, 1.82) is 0 Å². The molecule has 3 atom stereocenters. The van der Waals surface area contributed by atoms with Crippen LogP contribution in [-0.2, 0) is 0 Å². The van der Waals surface area contributed by atoms with Crippen LogP contribution in [0.4, 0.5) is 10.1 Å². The minimum atomic E-state index is -1.67. The number of benzene rings is 4. The zero-order valence-electron chi connectivity index (χ0n) is 20.9. The molecule has 0 radical (unpaired) electrons. The van der Waals surface area contributed by atoms with Crippen molar-refractivity contribution in [2.75, 3.05) is 4.90 Å². The van der Waals surface area contributed by atoms with Gasteiger partial charge in [0.15, 0.2) is 17.3 Å². The monoisotopic (exact) mass is 567 g/mol. The molecule has 40 heavy (non-hydrogen) atoms. The summed E-state index contributed by atoms with van der Waals surface area (Å²) in [6.45, 7) is 0. The Morgan fingerprint density at radius 3 is 2.23 bits per heavy atom. The van der Waals surface area contributed by atoms with Gasteiger partial charge in [0.25, 0.3) is 0 Å². The molecule has 0 N–H and O–H groups in total. The van der Waals surface area contributed by atoms with Crippen LogP contribution >= 0.6 is 23.2 Å². The Bertz CT molecular complexity index is 1760. The third kappa shape index (κ3) is 3.28. The van der Waals surface area contributed by atoms with Gasteiger partial charge in [0, 0.05) is 38.9 Å². The number of rotatable bonds is 3. The Hall–Kier alpha value is -4.06. The highest BCUT2D eigenvalue weighted by molar-refractivity contribution is 6.35. The second-order valence-corrected chi connectivity index (χ2v) is 11.2. The average Bonchev–Trinajstić information content (AvgIpc) is 3.39. The van der Waals surface area contributed by atoms with Gasteiger partial charge >= 0.3 is 0 Å². The number of halogens is 3. The summed E-state index contributed by atoms with van der Waals surface area (Å²) in [5.74, 6) is -2.40. The van der Waals surface area contributed by atoms with E-state index in [1.165, 1.54) is 12.1 Å². The van der Waals surface area contributed by atoms with Gasteiger partial charge in [0.2, 0.25) is 0 Å². The highest BCUT2D eigenvalue weighted by atomic mass is 35.5. The van der Waals surface area contributed by atoms with Crippen LogP contribution in [0.25, 0.3) is 6.08 Å². The Kier molecular flexibility index (Phi) is 5.60. The predicted molar refractivity (Wildman–Crippen MR) is 153 cm³/mol. The Balaban J connectivity index is 1.57. The number of Topliss-reactive ketones (excluding diaryl/α,β-unsaturated/α-hetero) is 3. The number of anilines is 1. The normalized spacial score (nSPS) is 21.9. The van der Waals surface area contributed by atoms with Crippen molar-refractivity contribution < 1.29 is 18.8 Å². The van der Waals surface area contributed by atoms with Gasteiger partial charge in [-0.15, -0.1) is 0 Å². The molecular weight excluding hydrogens is 548 g/mol. The van der Waals surface area contributed by atoms with Crippen LogP contribution in [0.2, 0.25) is 10.0 Å². The molecule has 1 saturated heterocycles. The van der Waals surface area contributed by atoms with E-state index in [1.54, 1.807) is 91.0 Å². The lowest BCUT2D eigenvalue weighted by Crippen LogP contribution is -2.48. The molecule has 2 heterocycles. The molecule has 4 aromatic carbocycles. The highest BCUT2D eigenvalue weighted by Crippen LogP contribution is 2.61. The number of ketones is 3. The molecule has 1 aliphatic carbocycles. The third-order valence-corrected chi connectivity index (χ3v) is 8.95. The van der Waals surface area contributed by atoms with E-state index in [-0.39, 0.29) is 27.9 Å². The molecule has 1 fully saturated rings. The molecule has 2 aliphatic heterocycles. The van der Waals surface area contributed by atoms with Gasteiger partial charge in [-0.25, -0.2) is 4.39 Å². The lowest BCUT2D eigenvalue weighted by atomic mass is 9.64. The first-order valence-electron chi connectivity index (χ1n) is 12.8. The molecule has 0 aromatic heterocycles. The number of nitrogens with zero attached hydrogens (tertiary/aromatic N) is 1. The van der Waals surface area contributed by atoms with Crippen LogP contribution in [0.3, 0.4) is 0 Å². The summed E-state index contributed by atoms with van der Waals surface area (Å²) in [6.07, 6.45) is 3.48. The van der Waals surface area contributed by atoms with E-state index in [9.17, 15) is 18.8 Å². The van der Waals surface area contributed by atoms with Crippen LogP contribution in [0.15, 0.2) is 97.1 Å². The van der Waals surface area contributed by atoms with E-state index in [2.05, 4.69) is 0 Å². The van der Waals surface area contributed by atoms with E-state index in [0.29, 0.717) is 33.0 Å². The maximum atomic E-state index is 14.6. The van der Waals surface area contributed by atoms with Crippen LogP contribution in [0.5, 0.6) is 0 Å². The number of carbonyl (C=O) groups excluding carboxylic acids is 3. The van der Waals surface area contributed by atoms with E-state index in [0.717, 1.165) is 0 Å². The summed E-state index contributed by atoms with van der Waals surface area (Å²) in [6, 6.07) is 22.9. The maximum absolute atomic E-state index is 14.6. The SMILES string of the molecule is O=C(c1ccccc1Cl)[C@H]1[C@H](c2cccc(Cl)c2)C2(C(=O)c3ccccc3C2=O)C2C=Cc3cc(F)ccc3N21. The Morgan fingerprint density at radius 1 is 0.825 bits per heavy atom. The standard InChI is InChI=1S/C33H20Cl2FNO3/c34-20-7-5-6-19(16-20)28-29(30(38)24-10-3-4-11-25(24)35)37-26-14-13-21(36)17-18(26)12-15-27(37)33(28)31(39)22-8-1-2-9-23(22)32(33)40/h1-17,27-29H/t27?,28-,29+/m0/s1. The minimum absolute atomic E-state index is 0.258. The predicted octanol–water partition coefficient (Wildman–Crippen LogP) is 7.45. The zero-order chi connectivity index (χ0) is 27.8. The van der Waals surface area contributed by atoms with Gasteiger partial charge in [-0.2, -0.15) is 0 Å². The van der Waals surface area contributed by atoms with Crippen molar-refractivity contribution in [1.82, 2.24) is 0 Å². The van der Waals surface area contributed by atoms with Crippen LogP contribution < -0.4 is 4.90 Å². The molecule has 4 nitrogen and oxygen atoms in total. The fraction of sp³-hybridized carbons (Fsp3) is 0.121. The molecule has 3 aliphatic rings. The Labute approximate surface area is 239 Å². The van der Waals surface area contributed by atoms with Crippen molar-refractivity contribution in [2.45, 2.75) is 18.0 Å². The number of fused-ring (bicyclic) bond motifs is 5. The molecule has 196 valence electrons. The molecule has 0 saturated carbocycles. The summed E-state index contributed by atoms with van der Waals surface area (Å²) < 4.78 is 14.3. The van der Waals surface area contributed by atoms with E-state index in [1.807, 2.05) is 4.90 Å². The van der Waals surface area contributed by atoms with Crippen LogP contribution in [-0.4, -0.2) is 29.4 Å². The summed E-state index contributed by atoms with van der Waals surface area (Å²) in [5.41, 5.74) is 0.931. The van der Waals surface area contributed by atoms with Gasteiger partial charge in [0.05, 0.1) is 11.1 Å². The van der Waals surface area contributed by atoms with Crippen molar-refractivity contribution in [3.63, 3.8) is 0 Å². The lowest BCUT2D eigenvalue weighted by molar-refractivity contribution is 0.0666. The van der Waals surface area contributed by atoms with E-state index < -0.39 is 29.2 Å². The van der Waals surface area contributed by atoms with E-state index in [4.69, 9.17) is 23.2 Å². The molecule has 1 unspecified atom stereocenters. The van der Waals surface area contributed by atoms with Crippen molar-refractivity contribution in [3.05, 3.63) is 141 Å². The molecular formula is C33H20Cl2FNO3. The molecule has 1 spiro atoms. The summed E-state index contributed by atoms with van der Waals surface area (Å²) in [5, 5.41) is 0.670. The van der Waals surface area contributed by atoms with Gasteiger partial charge < -0.3 is 4.90 Å². The average molecular weight is 568 g/mol. The topological polar surface area (TPSA) is 54.5 Å². The third-order valence-electron chi connectivity index (χ3n) is 8.38. The number of carbonyl (C=O) groups is 3. The molecule has 0 bridgehead atoms. The summed E-state index contributed by atoms with van der Waals surface area (Å²) in [7, 11) is 0. The first-order valence-corrected chi connectivity index (χ1v) is 13.6. The number of hydrogen-bond donors (Lipinski definition) is 0. The number of hydrogen-bond acceptors (Lipinski definition) is 4. The quantitative estimate of drug-likeness (QED) is 0.190. The zero-order valence-corrected chi connectivity index (χ0v) is 22.4. The lowest BCUT2D eigenvalue weighted by Gasteiger charge is -2.37. The van der Waals surface area contributed by atoms with Gasteiger partial charge in [-0.3, -0.25) is 14.4 Å². The molecule has 0 amide bonds. The van der Waals surface area contributed by atoms with E-state index >= 15 is 0 Å². The van der Waals surface area contributed by atoms with Crippen molar-refractivity contribution >= 4 is 52.3 Å². The smallest absolute Gasteiger partial charge is 0.187 e. The fourth-order valence-corrected chi connectivity index (χ4v) is 7.27. The van der Waals surface area contributed by atoms with Crippen LogP contribution in [0.1, 0.15) is 48.1 Å². The van der Waals surface area contributed by atoms with Crippen molar-refractivity contribution in [3.8, 4) is 0 Å². The van der Waals surface area contributed by atoms with Gasteiger partial charge in [-0.05, 0) is 48.0 Å². The fourth-order valence-electron chi connectivity index (χ4n) is 6.84. The maximum Gasteiger partial charge on any atom is 0.187 e. The highest BCUT2D eigenvalue weighted by Gasteiger charge is 2.71. The van der Waals surface area contributed by atoms with Crippen molar-refractivity contribution in [2.24, 2.45) is 5.41 Å². The summed E-state index contributed by atoms with van der Waals surface area (Å²) in [4.78, 5) is 45.6. The van der Waals surface area contributed by atoms with Gasteiger partial charge in [-0.1, -0.05) is 83.9 Å². The van der Waals surface area contributed by atoms with Crippen LogP contribution in [0, 0.1) is 11.2 Å². The first-order chi connectivity index (χ1) is 19.3. The second kappa shape index (κ2) is 8.98. The molecule has 7 rings (SSSR count).